The highest BCUT2D eigenvalue weighted by molar-refractivity contribution is 6.01. The fourth-order valence-electron chi connectivity index (χ4n) is 1.40. The Bertz CT molecular complexity index is 347. The number of hydrogen-bond acceptors (Lipinski definition) is 6. The van der Waals surface area contributed by atoms with E-state index in [2.05, 4.69) is 0 Å². The van der Waals surface area contributed by atoms with Crippen LogP contribution in [0.2, 0.25) is 0 Å². The normalized spacial score (nSPS) is 16.6. The molecule has 0 amide bonds. The van der Waals surface area contributed by atoms with E-state index >= 15 is 0 Å². The van der Waals surface area contributed by atoms with Gasteiger partial charge < -0.3 is 21.0 Å². The Balaban J connectivity index is 4.91. The van der Waals surface area contributed by atoms with Gasteiger partial charge in [-0.2, -0.15) is 0 Å². The molecular weight excluding hydrogens is 248 g/mol. The third kappa shape index (κ3) is 5.48. The number of ketones is 1. The van der Waals surface area contributed by atoms with Crippen molar-refractivity contribution >= 4 is 18.0 Å². The standard InChI is InChI=1S/C13H24N2O4/c1-7(2)9(14)11(17)8(6-16)10(15)12(18)19-13(3,4)5/h6-10H,14-15H2,1-5H3/t8-,9+,10?/m1/s1. The number of carbonyl (C=O) groups is 3. The van der Waals surface area contributed by atoms with E-state index in [1.807, 2.05) is 0 Å². The third-order valence-electron chi connectivity index (χ3n) is 2.59. The Kier molecular flexibility index (Phi) is 6.32. The molecule has 0 spiro atoms. The summed E-state index contributed by atoms with van der Waals surface area (Å²) in [5, 5.41) is 0. The van der Waals surface area contributed by atoms with Gasteiger partial charge in [0.05, 0.1) is 6.04 Å². The van der Waals surface area contributed by atoms with Crippen molar-refractivity contribution in [2.75, 3.05) is 0 Å². The van der Waals surface area contributed by atoms with Crippen molar-refractivity contribution in [1.29, 1.82) is 0 Å². The molecule has 0 heterocycles. The predicted octanol–water partition coefficient (Wildman–Crippen LogP) is 0.0229. The lowest BCUT2D eigenvalue weighted by Gasteiger charge is -2.25. The van der Waals surface area contributed by atoms with Gasteiger partial charge in [-0.15, -0.1) is 0 Å². The van der Waals surface area contributed by atoms with Crippen molar-refractivity contribution < 1.29 is 19.1 Å². The first-order chi connectivity index (χ1) is 8.51. The fraction of sp³-hybridized carbons (Fsp3) is 0.769. The molecule has 0 aromatic heterocycles. The maximum Gasteiger partial charge on any atom is 0.324 e. The van der Waals surface area contributed by atoms with Crippen LogP contribution >= 0.6 is 0 Å². The first kappa shape index (κ1) is 17.7. The van der Waals surface area contributed by atoms with Gasteiger partial charge in [0.15, 0.2) is 5.78 Å². The second-order valence-corrected chi connectivity index (χ2v) is 5.89. The molecule has 19 heavy (non-hydrogen) atoms. The summed E-state index contributed by atoms with van der Waals surface area (Å²) in [6.07, 6.45) is 0.360. The molecule has 0 aliphatic carbocycles. The number of rotatable bonds is 6. The molecule has 0 radical (unpaired) electrons. The molecule has 0 aromatic rings. The minimum atomic E-state index is -1.32. The van der Waals surface area contributed by atoms with Crippen molar-refractivity contribution in [1.82, 2.24) is 0 Å². The van der Waals surface area contributed by atoms with Crippen molar-refractivity contribution in [3.63, 3.8) is 0 Å². The van der Waals surface area contributed by atoms with Crippen molar-refractivity contribution in [2.45, 2.75) is 52.3 Å². The van der Waals surface area contributed by atoms with E-state index in [1.165, 1.54) is 0 Å². The Morgan fingerprint density at radius 3 is 1.89 bits per heavy atom. The van der Waals surface area contributed by atoms with Gasteiger partial charge >= 0.3 is 5.97 Å². The van der Waals surface area contributed by atoms with Crippen LogP contribution in [0.4, 0.5) is 0 Å². The molecule has 6 nitrogen and oxygen atoms in total. The maximum absolute atomic E-state index is 12.0. The van der Waals surface area contributed by atoms with Crippen molar-refractivity contribution in [2.24, 2.45) is 23.3 Å². The topological polar surface area (TPSA) is 112 Å². The largest absolute Gasteiger partial charge is 0.459 e. The van der Waals surface area contributed by atoms with Gasteiger partial charge in [-0.05, 0) is 26.7 Å². The highest BCUT2D eigenvalue weighted by Gasteiger charge is 2.36. The molecule has 0 aromatic carbocycles. The zero-order chi connectivity index (χ0) is 15.4. The molecule has 0 fully saturated rings. The first-order valence-electron chi connectivity index (χ1n) is 6.24. The average molecular weight is 272 g/mol. The third-order valence-corrected chi connectivity index (χ3v) is 2.59. The summed E-state index contributed by atoms with van der Waals surface area (Å²) in [6, 6.07) is -2.15. The summed E-state index contributed by atoms with van der Waals surface area (Å²) in [5.74, 6) is -2.73. The van der Waals surface area contributed by atoms with Crippen LogP contribution in [-0.4, -0.2) is 35.7 Å². The van der Waals surface area contributed by atoms with Crippen molar-refractivity contribution in [3.8, 4) is 0 Å². The molecule has 110 valence electrons. The SMILES string of the molecule is CC(C)[C@H](N)C(=O)[C@H](C=O)C(N)C(=O)OC(C)(C)C. The van der Waals surface area contributed by atoms with Crippen LogP contribution in [0.15, 0.2) is 0 Å². The van der Waals surface area contributed by atoms with Gasteiger partial charge in [0.1, 0.15) is 23.8 Å². The van der Waals surface area contributed by atoms with Crippen LogP contribution in [0.5, 0.6) is 0 Å². The van der Waals surface area contributed by atoms with E-state index in [4.69, 9.17) is 16.2 Å². The number of hydrogen-bond donors (Lipinski definition) is 2. The van der Waals surface area contributed by atoms with Crippen LogP contribution in [0.25, 0.3) is 0 Å². The number of aldehydes is 1. The lowest BCUT2D eigenvalue weighted by molar-refractivity contribution is -0.160. The highest BCUT2D eigenvalue weighted by Crippen LogP contribution is 2.13. The minimum Gasteiger partial charge on any atom is -0.459 e. The molecular formula is C13H24N2O4. The van der Waals surface area contributed by atoms with E-state index < -0.39 is 35.4 Å². The summed E-state index contributed by atoms with van der Waals surface area (Å²) in [6.45, 7) is 8.53. The van der Waals surface area contributed by atoms with Gasteiger partial charge in [-0.1, -0.05) is 13.8 Å². The quantitative estimate of drug-likeness (QED) is 0.400. The number of Topliss-reactive ketones (excluding diaryl/α,β-unsaturated/α-hetero) is 1. The summed E-state index contributed by atoms with van der Waals surface area (Å²) in [5.41, 5.74) is 10.6. The lowest BCUT2D eigenvalue weighted by Crippen LogP contribution is -2.51. The summed E-state index contributed by atoms with van der Waals surface area (Å²) >= 11 is 0. The lowest BCUT2D eigenvalue weighted by atomic mass is 9.88. The van der Waals surface area contributed by atoms with Gasteiger partial charge in [0.2, 0.25) is 0 Å². The number of esters is 1. The van der Waals surface area contributed by atoms with Gasteiger partial charge in [0.25, 0.3) is 0 Å². The van der Waals surface area contributed by atoms with Crippen LogP contribution in [0, 0.1) is 11.8 Å². The highest BCUT2D eigenvalue weighted by atomic mass is 16.6. The van der Waals surface area contributed by atoms with Crippen LogP contribution in [0.1, 0.15) is 34.6 Å². The Labute approximate surface area is 113 Å². The van der Waals surface area contributed by atoms with Gasteiger partial charge in [-0.3, -0.25) is 9.59 Å². The molecule has 0 bridgehead atoms. The van der Waals surface area contributed by atoms with Crippen LogP contribution < -0.4 is 11.5 Å². The van der Waals surface area contributed by atoms with Gasteiger partial charge in [-0.25, -0.2) is 0 Å². The van der Waals surface area contributed by atoms with E-state index in [0.29, 0.717) is 6.29 Å². The zero-order valence-corrected chi connectivity index (χ0v) is 12.2. The smallest absolute Gasteiger partial charge is 0.324 e. The number of nitrogens with two attached hydrogens (primary N) is 2. The van der Waals surface area contributed by atoms with Crippen LogP contribution in [-0.2, 0) is 19.1 Å². The molecule has 0 aliphatic heterocycles. The monoisotopic (exact) mass is 272 g/mol. The molecule has 0 aliphatic rings. The van der Waals surface area contributed by atoms with E-state index in [1.54, 1.807) is 34.6 Å². The summed E-state index contributed by atoms with van der Waals surface area (Å²) in [4.78, 5) is 34.8. The second-order valence-electron chi connectivity index (χ2n) is 5.89. The van der Waals surface area contributed by atoms with Gasteiger partial charge in [0, 0.05) is 0 Å². The summed E-state index contributed by atoms with van der Waals surface area (Å²) in [7, 11) is 0. The number of carbonyl (C=O) groups excluding carboxylic acids is 3. The molecule has 0 saturated heterocycles. The molecule has 0 saturated carbocycles. The Morgan fingerprint density at radius 2 is 1.58 bits per heavy atom. The minimum absolute atomic E-state index is 0.138. The van der Waals surface area contributed by atoms with E-state index in [0.717, 1.165) is 0 Å². The molecule has 0 rings (SSSR count). The fourth-order valence-corrected chi connectivity index (χ4v) is 1.40. The van der Waals surface area contributed by atoms with Crippen LogP contribution in [0.3, 0.4) is 0 Å². The Morgan fingerprint density at radius 1 is 1.11 bits per heavy atom. The predicted molar refractivity (Wildman–Crippen MR) is 71.2 cm³/mol. The molecule has 4 N–H and O–H groups in total. The average Bonchev–Trinajstić information content (AvgIpc) is 2.25. The Hall–Kier alpha value is -1.27. The summed E-state index contributed by atoms with van der Waals surface area (Å²) < 4.78 is 5.06. The van der Waals surface area contributed by atoms with E-state index in [-0.39, 0.29) is 5.92 Å². The maximum atomic E-state index is 12.0. The molecule has 1 unspecified atom stereocenters. The zero-order valence-electron chi connectivity index (χ0n) is 12.2. The molecule has 3 atom stereocenters. The van der Waals surface area contributed by atoms with E-state index in [9.17, 15) is 14.4 Å². The second kappa shape index (κ2) is 6.77. The number of ether oxygens (including phenoxy) is 1. The first-order valence-corrected chi connectivity index (χ1v) is 6.24. The molecule has 6 heteroatoms. The van der Waals surface area contributed by atoms with Crippen molar-refractivity contribution in [3.05, 3.63) is 0 Å².